The zero-order chi connectivity index (χ0) is 19.3. The number of rotatable bonds is 6. The number of thiazole rings is 1. The third-order valence-electron chi connectivity index (χ3n) is 3.40. The molecule has 1 aromatic carbocycles. The molecule has 0 aliphatic rings. The second-order valence-corrected chi connectivity index (χ2v) is 6.98. The van der Waals surface area contributed by atoms with Crippen molar-refractivity contribution in [3.8, 4) is 28.5 Å². The van der Waals surface area contributed by atoms with Crippen LogP contribution >= 0.6 is 11.3 Å². The van der Waals surface area contributed by atoms with Crippen LogP contribution in [0.15, 0.2) is 12.1 Å². The standard InChI is InChI=1S/C19H19N3O3S/c1-5-24-19(23)17-12(4)22-18(26-17)13-6-14(8-20)16(15(7-13)9-21)25-10-11(2)3/h6-7,11H,5,10H2,1-4H3. The average molecular weight is 369 g/mol. The summed E-state index contributed by atoms with van der Waals surface area (Å²) in [4.78, 5) is 16.8. The van der Waals surface area contributed by atoms with E-state index in [1.807, 2.05) is 13.8 Å². The Kier molecular flexibility index (Phi) is 6.32. The minimum atomic E-state index is -0.424. The van der Waals surface area contributed by atoms with Crippen LogP contribution in [-0.2, 0) is 4.74 Å². The molecule has 0 N–H and O–H groups in total. The molecule has 0 aliphatic carbocycles. The van der Waals surface area contributed by atoms with Crippen molar-refractivity contribution >= 4 is 17.3 Å². The lowest BCUT2D eigenvalue weighted by Gasteiger charge is -2.12. The second-order valence-electron chi connectivity index (χ2n) is 5.98. The number of carbonyl (C=O) groups is 1. The summed E-state index contributed by atoms with van der Waals surface area (Å²) >= 11 is 1.18. The first-order valence-corrected chi connectivity index (χ1v) is 8.98. The third kappa shape index (κ3) is 4.19. The van der Waals surface area contributed by atoms with Gasteiger partial charge in [0.05, 0.1) is 30.0 Å². The van der Waals surface area contributed by atoms with E-state index >= 15 is 0 Å². The van der Waals surface area contributed by atoms with Crippen LogP contribution in [0, 0.1) is 35.5 Å². The molecule has 2 rings (SSSR count). The fourth-order valence-corrected chi connectivity index (χ4v) is 3.18. The molecule has 6 nitrogen and oxygen atoms in total. The van der Waals surface area contributed by atoms with E-state index in [-0.39, 0.29) is 29.4 Å². The SMILES string of the molecule is CCOC(=O)c1sc(-c2cc(C#N)c(OCC(C)C)c(C#N)c2)nc1C. The molecule has 0 fully saturated rings. The van der Waals surface area contributed by atoms with Gasteiger partial charge >= 0.3 is 5.97 Å². The van der Waals surface area contributed by atoms with Crippen molar-refractivity contribution in [1.82, 2.24) is 4.98 Å². The maximum absolute atomic E-state index is 12.0. The van der Waals surface area contributed by atoms with E-state index in [4.69, 9.17) is 9.47 Å². The van der Waals surface area contributed by atoms with Gasteiger partial charge in [0.25, 0.3) is 0 Å². The van der Waals surface area contributed by atoms with Crippen LogP contribution in [-0.4, -0.2) is 24.2 Å². The Morgan fingerprint density at radius 2 is 1.88 bits per heavy atom. The van der Waals surface area contributed by atoms with Gasteiger partial charge in [0.1, 0.15) is 22.0 Å². The Morgan fingerprint density at radius 1 is 1.27 bits per heavy atom. The quantitative estimate of drug-likeness (QED) is 0.712. The van der Waals surface area contributed by atoms with Gasteiger partial charge in [0, 0.05) is 5.56 Å². The van der Waals surface area contributed by atoms with Crippen molar-refractivity contribution in [3.63, 3.8) is 0 Å². The molecule has 0 radical (unpaired) electrons. The zero-order valence-electron chi connectivity index (χ0n) is 15.1. The Morgan fingerprint density at radius 3 is 2.38 bits per heavy atom. The fraction of sp³-hybridized carbons (Fsp3) is 0.368. The van der Waals surface area contributed by atoms with Crippen molar-refractivity contribution in [2.24, 2.45) is 5.92 Å². The molecular formula is C19H19N3O3S. The summed E-state index contributed by atoms with van der Waals surface area (Å²) in [6.45, 7) is 8.13. The lowest BCUT2D eigenvalue weighted by molar-refractivity contribution is 0.0531. The maximum atomic E-state index is 12.0. The molecule has 2 aromatic rings. The number of esters is 1. The van der Waals surface area contributed by atoms with Gasteiger partial charge in [-0.2, -0.15) is 10.5 Å². The Hall–Kier alpha value is -2.90. The van der Waals surface area contributed by atoms with Crippen LogP contribution in [0.5, 0.6) is 5.75 Å². The summed E-state index contributed by atoms with van der Waals surface area (Å²) in [7, 11) is 0. The van der Waals surface area contributed by atoms with E-state index in [1.54, 1.807) is 26.0 Å². The van der Waals surface area contributed by atoms with Gasteiger partial charge in [0.2, 0.25) is 0 Å². The van der Waals surface area contributed by atoms with Gasteiger partial charge in [-0.3, -0.25) is 0 Å². The van der Waals surface area contributed by atoms with E-state index in [2.05, 4.69) is 17.1 Å². The van der Waals surface area contributed by atoms with Gasteiger partial charge < -0.3 is 9.47 Å². The average Bonchev–Trinajstić information content (AvgIpc) is 3.01. The lowest BCUT2D eigenvalue weighted by atomic mass is 10.1. The zero-order valence-corrected chi connectivity index (χ0v) is 15.9. The Balaban J connectivity index is 2.49. The van der Waals surface area contributed by atoms with Crippen molar-refractivity contribution < 1.29 is 14.3 Å². The Bertz CT molecular complexity index is 869. The van der Waals surface area contributed by atoms with Crippen LogP contribution < -0.4 is 4.74 Å². The van der Waals surface area contributed by atoms with Crippen molar-refractivity contribution in [3.05, 3.63) is 33.8 Å². The lowest BCUT2D eigenvalue weighted by Crippen LogP contribution is -2.07. The van der Waals surface area contributed by atoms with E-state index in [0.29, 0.717) is 27.7 Å². The Labute approximate surface area is 156 Å². The minimum Gasteiger partial charge on any atom is -0.491 e. The molecule has 1 heterocycles. The van der Waals surface area contributed by atoms with Crippen molar-refractivity contribution in [2.75, 3.05) is 13.2 Å². The van der Waals surface area contributed by atoms with Crippen LogP contribution in [0.4, 0.5) is 0 Å². The highest BCUT2D eigenvalue weighted by atomic mass is 32.1. The first kappa shape index (κ1) is 19.4. The highest BCUT2D eigenvalue weighted by Crippen LogP contribution is 2.34. The number of ether oxygens (including phenoxy) is 2. The number of benzene rings is 1. The van der Waals surface area contributed by atoms with Gasteiger partial charge in [0.15, 0.2) is 5.75 Å². The number of carbonyl (C=O) groups excluding carboxylic acids is 1. The molecule has 0 spiro atoms. The predicted molar refractivity (Wildman–Crippen MR) is 98.0 cm³/mol. The molecule has 1 aromatic heterocycles. The summed E-state index contributed by atoms with van der Waals surface area (Å²) in [5, 5.41) is 19.5. The number of aryl methyl sites for hydroxylation is 1. The first-order valence-electron chi connectivity index (χ1n) is 8.17. The number of nitriles is 2. The molecule has 0 saturated carbocycles. The summed E-state index contributed by atoms with van der Waals surface area (Å²) in [6.07, 6.45) is 0. The molecule has 134 valence electrons. The van der Waals surface area contributed by atoms with Crippen LogP contribution in [0.1, 0.15) is 47.3 Å². The number of aromatic nitrogens is 1. The maximum Gasteiger partial charge on any atom is 0.350 e. The smallest absolute Gasteiger partial charge is 0.350 e. The van der Waals surface area contributed by atoms with Gasteiger partial charge in [-0.1, -0.05) is 13.8 Å². The summed E-state index contributed by atoms with van der Waals surface area (Å²) in [5.74, 6) is 0.125. The topological polar surface area (TPSA) is 96.0 Å². The van der Waals surface area contributed by atoms with Crippen LogP contribution in [0.2, 0.25) is 0 Å². The second kappa shape index (κ2) is 8.46. The molecule has 0 atom stereocenters. The highest BCUT2D eigenvalue weighted by Gasteiger charge is 2.20. The molecule has 7 heteroatoms. The molecule has 0 aliphatic heterocycles. The number of nitrogens with zero attached hydrogens (tertiary/aromatic N) is 3. The van der Waals surface area contributed by atoms with E-state index in [9.17, 15) is 15.3 Å². The number of hydrogen-bond donors (Lipinski definition) is 0. The molecule has 0 amide bonds. The van der Waals surface area contributed by atoms with E-state index < -0.39 is 5.97 Å². The highest BCUT2D eigenvalue weighted by molar-refractivity contribution is 7.17. The summed E-state index contributed by atoms with van der Waals surface area (Å²) in [6, 6.07) is 7.41. The summed E-state index contributed by atoms with van der Waals surface area (Å²) < 4.78 is 10.7. The molecule has 0 unspecified atom stereocenters. The monoisotopic (exact) mass is 369 g/mol. The molecule has 0 bridgehead atoms. The first-order chi connectivity index (χ1) is 12.4. The van der Waals surface area contributed by atoms with E-state index in [1.165, 1.54) is 11.3 Å². The van der Waals surface area contributed by atoms with Crippen molar-refractivity contribution in [1.29, 1.82) is 10.5 Å². The largest absolute Gasteiger partial charge is 0.491 e. The summed E-state index contributed by atoms with van der Waals surface area (Å²) in [5.41, 5.74) is 1.69. The minimum absolute atomic E-state index is 0.265. The van der Waals surface area contributed by atoms with Gasteiger partial charge in [-0.25, -0.2) is 9.78 Å². The molecule has 0 saturated heterocycles. The van der Waals surface area contributed by atoms with Gasteiger partial charge in [-0.15, -0.1) is 11.3 Å². The third-order valence-corrected chi connectivity index (χ3v) is 4.58. The van der Waals surface area contributed by atoms with Crippen LogP contribution in [0.3, 0.4) is 0 Å². The molecular weight excluding hydrogens is 350 g/mol. The van der Waals surface area contributed by atoms with Crippen molar-refractivity contribution in [2.45, 2.75) is 27.7 Å². The number of hydrogen-bond acceptors (Lipinski definition) is 7. The molecule has 26 heavy (non-hydrogen) atoms. The fourth-order valence-electron chi connectivity index (χ4n) is 2.23. The van der Waals surface area contributed by atoms with E-state index in [0.717, 1.165) is 0 Å². The normalized spacial score (nSPS) is 10.3. The van der Waals surface area contributed by atoms with Crippen LogP contribution in [0.25, 0.3) is 10.6 Å². The van der Waals surface area contributed by atoms with Gasteiger partial charge in [-0.05, 0) is 31.9 Å². The predicted octanol–water partition coefficient (Wildman–Crippen LogP) is 4.07.